The molecule has 122 valence electrons. The van der Waals surface area contributed by atoms with Crippen molar-refractivity contribution in [2.24, 2.45) is 0 Å². The second kappa shape index (κ2) is 6.24. The summed E-state index contributed by atoms with van der Waals surface area (Å²) in [5.41, 5.74) is 2.65. The summed E-state index contributed by atoms with van der Waals surface area (Å²) < 4.78 is 3.78. The van der Waals surface area contributed by atoms with Gasteiger partial charge in [-0.25, -0.2) is 4.68 Å². The van der Waals surface area contributed by atoms with Crippen LogP contribution in [0.1, 0.15) is 24.6 Å². The summed E-state index contributed by atoms with van der Waals surface area (Å²) in [5.74, 6) is 0. The molecule has 0 saturated heterocycles. The second-order valence-electron chi connectivity index (χ2n) is 6.00. The molecule has 4 rings (SSSR count). The number of hydrogen-bond donors (Lipinski definition) is 0. The van der Waals surface area contributed by atoms with E-state index < -0.39 is 0 Å². The van der Waals surface area contributed by atoms with Gasteiger partial charge in [0.15, 0.2) is 0 Å². The first-order valence-electron chi connectivity index (χ1n) is 8.29. The van der Waals surface area contributed by atoms with Crippen molar-refractivity contribution in [1.29, 1.82) is 0 Å². The molecule has 0 bridgehead atoms. The first-order valence-corrected chi connectivity index (χ1v) is 9.17. The molecule has 3 heterocycles. The molecule has 0 N–H and O–H groups in total. The fourth-order valence-corrected chi connectivity index (χ4v) is 3.79. The Morgan fingerprint density at radius 1 is 1.17 bits per heavy atom. The fourth-order valence-electron chi connectivity index (χ4n) is 3.09. The minimum atomic E-state index is 0.0177. The Morgan fingerprint density at radius 3 is 2.83 bits per heavy atom. The van der Waals surface area contributed by atoms with E-state index >= 15 is 0 Å². The minimum absolute atomic E-state index is 0.0177. The molecule has 0 radical (unpaired) electrons. The van der Waals surface area contributed by atoms with Gasteiger partial charge >= 0.3 is 0 Å². The monoisotopic (exact) mass is 337 g/mol. The maximum absolute atomic E-state index is 12.7. The summed E-state index contributed by atoms with van der Waals surface area (Å²) in [4.78, 5) is 14.0. The molecule has 5 heteroatoms. The Bertz CT molecular complexity index is 997. The lowest BCUT2D eigenvalue weighted by atomic mass is 10.1. The van der Waals surface area contributed by atoms with E-state index in [0.717, 1.165) is 36.0 Å². The molecule has 0 fully saturated rings. The maximum Gasteiger partial charge on any atom is 0.277 e. The number of pyridine rings is 1. The average molecular weight is 337 g/mol. The van der Waals surface area contributed by atoms with E-state index in [0.29, 0.717) is 12.1 Å². The van der Waals surface area contributed by atoms with E-state index in [4.69, 9.17) is 0 Å². The summed E-state index contributed by atoms with van der Waals surface area (Å²) in [5, 5.41) is 7.73. The van der Waals surface area contributed by atoms with Crippen LogP contribution in [-0.2, 0) is 13.1 Å². The van der Waals surface area contributed by atoms with E-state index in [1.54, 1.807) is 16.0 Å². The van der Waals surface area contributed by atoms with Gasteiger partial charge in [0.25, 0.3) is 5.56 Å². The molecule has 0 aliphatic carbocycles. The molecule has 1 aromatic carbocycles. The zero-order valence-electron chi connectivity index (χ0n) is 13.6. The lowest BCUT2D eigenvalue weighted by Gasteiger charge is -2.12. The van der Waals surface area contributed by atoms with Crippen molar-refractivity contribution in [3.63, 3.8) is 0 Å². The SMILES string of the molecule is CCCCn1nc2c3ccccc3n(Cc3cccs3)cc-2c1=O. The lowest BCUT2D eigenvalue weighted by molar-refractivity contribution is 0.560. The van der Waals surface area contributed by atoms with Gasteiger partial charge in [0.05, 0.1) is 17.6 Å². The van der Waals surface area contributed by atoms with Crippen molar-refractivity contribution < 1.29 is 0 Å². The van der Waals surface area contributed by atoms with Crippen molar-refractivity contribution in [3.8, 4) is 11.3 Å². The fraction of sp³-hybridized carbons (Fsp3) is 0.263. The summed E-state index contributed by atoms with van der Waals surface area (Å²) in [7, 11) is 0. The molecule has 2 aliphatic heterocycles. The van der Waals surface area contributed by atoms with Gasteiger partial charge in [-0.2, -0.15) is 5.10 Å². The van der Waals surface area contributed by atoms with Crippen LogP contribution in [0.2, 0.25) is 0 Å². The summed E-state index contributed by atoms with van der Waals surface area (Å²) in [6.45, 7) is 3.58. The summed E-state index contributed by atoms with van der Waals surface area (Å²) in [6, 6.07) is 12.4. The van der Waals surface area contributed by atoms with E-state index in [9.17, 15) is 4.79 Å². The number of aromatic nitrogens is 3. The van der Waals surface area contributed by atoms with Gasteiger partial charge in [-0.3, -0.25) is 4.79 Å². The van der Waals surface area contributed by atoms with Crippen LogP contribution in [0.4, 0.5) is 0 Å². The van der Waals surface area contributed by atoms with Gasteiger partial charge in [0.1, 0.15) is 5.69 Å². The molecule has 4 nitrogen and oxygen atoms in total. The molecule has 0 saturated carbocycles. The highest BCUT2D eigenvalue weighted by molar-refractivity contribution is 7.09. The van der Waals surface area contributed by atoms with Crippen LogP contribution in [0.5, 0.6) is 0 Å². The zero-order chi connectivity index (χ0) is 16.5. The molecule has 1 aromatic heterocycles. The highest BCUT2D eigenvalue weighted by Gasteiger charge is 2.19. The Hall–Kier alpha value is -2.40. The summed E-state index contributed by atoms with van der Waals surface area (Å²) >= 11 is 1.73. The van der Waals surface area contributed by atoms with Crippen LogP contribution in [0, 0.1) is 0 Å². The third-order valence-corrected chi connectivity index (χ3v) is 5.19. The molecule has 2 aliphatic rings. The molecule has 0 amide bonds. The number of unbranched alkanes of at least 4 members (excludes halogenated alkanes) is 1. The Morgan fingerprint density at radius 2 is 2.04 bits per heavy atom. The number of hydrogen-bond acceptors (Lipinski definition) is 3. The topological polar surface area (TPSA) is 39.8 Å². The van der Waals surface area contributed by atoms with E-state index in [-0.39, 0.29) is 5.56 Å². The van der Waals surface area contributed by atoms with Gasteiger partial charge in [-0.15, -0.1) is 11.3 Å². The number of nitrogens with zero attached hydrogens (tertiary/aromatic N) is 3. The number of thiophene rings is 1. The third kappa shape index (κ3) is 2.55. The van der Waals surface area contributed by atoms with Crippen LogP contribution >= 0.6 is 11.3 Å². The van der Waals surface area contributed by atoms with Crippen molar-refractivity contribution >= 4 is 22.2 Å². The summed E-state index contributed by atoms with van der Waals surface area (Å²) in [6.07, 6.45) is 3.99. The molecule has 0 spiro atoms. The standard InChI is InChI=1S/C19H19N3OS/c1-2-3-10-22-19(23)16-13-21(12-14-7-6-11-24-14)17-9-5-4-8-15(17)18(16)20-22/h4-9,11,13H,2-3,10,12H2,1H3. The van der Waals surface area contributed by atoms with Gasteiger partial charge in [0, 0.05) is 23.0 Å². The smallest absolute Gasteiger partial charge is 0.277 e. The number of aryl methyl sites for hydroxylation is 1. The zero-order valence-corrected chi connectivity index (χ0v) is 14.4. The molecule has 2 aromatic rings. The normalized spacial score (nSPS) is 11.5. The van der Waals surface area contributed by atoms with Crippen LogP contribution in [0.25, 0.3) is 22.2 Å². The van der Waals surface area contributed by atoms with Crippen molar-refractivity contribution in [2.75, 3.05) is 0 Å². The molecular weight excluding hydrogens is 318 g/mol. The minimum Gasteiger partial charge on any atom is -0.341 e. The highest BCUT2D eigenvalue weighted by Crippen LogP contribution is 2.28. The third-order valence-electron chi connectivity index (χ3n) is 4.32. The molecule has 0 unspecified atom stereocenters. The number of fused-ring (bicyclic) bond motifs is 3. The van der Waals surface area contributed by atoms with Crippen LogP contribution < -0.4 is 5.56 Å². The van der Waals surface area contributed by atoms with Crippen LogP contribution in [0.15, 0.2) is 52.8 Å². The largest absolute Gasteiger partial charge is 0.341 e. The Labute approximate surface area is 144 Å². The number of para-hydroxylation sites is 1. The number of rotatable bonds is 5. The maximum atomic E-state index is 12.7. The first kappa shape index (κ1) is 15.1. The van der Waals surface area contributed by atoms with Gasteiger partial charge in [-0.1, -0.05) is 37.6 Å². The van der Waals surface area contributed by atoms with Crippen LogP contribution in [0.3, 0.4) is 0 Å². The second-order valence-corrected chi connectivity index (χ2v) is 7.03. The highest BCUT2D eigenvalue weighted by atomic mass is 32.1. The Balaban J connectivity index is 1.93. The van der Waals surface area contributed by atoms with Crippen LogP contribution in [-0.4, -0.2) is 14.3 Å². The van der Waals surface area contributed by atoms with Crippen molar-refractivity contribution in [2.45, 2.75) is 32.9 Å². The predicted molar refractivity (Wildman–Crippen MR) is 98.9 cm³/mol. The van der Waals surface area contributed by atoms with Gasteiger partial charge in [0.2, 0.25) is 0 Å². The number of benzene rings is 1. The van der Waals surface area contributed by atoms with Gasteiger partial charge in [-0.05, 0) is 23.9 Å². The first-order chi connectivity index (χ1) is 11.8. The predicted octanol–water partition coefficient (Wildman–Crippen LogP) is 4.21. The van der Waals surface area contributed by atoms with Crippen molar-refractivity contribution in [3.05, 3.63) is 63.2 Å². The van der Waals surface area contributed by atoms with E-state index in [2.05, 4.69) is 46.2 Å². The van der Waals surface area contributed by atoms with Crippen molar-refractivity contribution in [1.82, 2.24) is 14.3 Å². The van der Waals surface area contributed by atoms with E-state index in [1.165, 1.54) is 4.88 Å². The molecule has 0 atom stereocenters. The lowest BCUT2D eigenvalue weighted by Crippen LogP contribution is -2.17. The average Bonchev–Trinajstić information content (AvgIpc) is 3.22. The molecule has 24 heavy (non-hydrogen) atoms. The van der Waals surface area contributed by atoms with Gasteiger partial charge < -0.3 is 4.57 Å². The quantitative estimate of drug-likeness (QED) is 0.547. The Kier molecular flexibility index (Phi) is 3.94. The van der Waals surface area contributed by atoms with E-state index in [1.807, 2.05) is 18.3 Å². The molecular formula is C19H19N3OS.